The Balaban J connectivity index is 2.51. The van der Waals surface area contributed by atoms with Crippen molar-refractivity contribution >= 4 is 22.3 Å². The molecule has 0 spiro atoms. The lowest BCUT2D eigenvalue weighted by Gasteiger charge is -2.16. The van der Waals surface area contributed by atoms with E-state index >= 15 is 0 Å². The van der Waals surface area contributed by atoms with Gasteiger partial charge in [-0.15, -0.1) is 0 Å². The largest absolute Gasteiger partial charge is 0.507 e. The molecular weight excluding hydrogens is 244 g/mol. The van der Waals surface area contributed by atoms with Crippen molar-refractivity contribution in [2.24, 2.45) is 0 Å². The molecule has 0 amide bonds. The van der Waals surface area contributed by atoms with E-state index in [4.69, 9.17) is 4.74 Å². The molecule has 1 aliphatic carbocycles. The maximum Gasteiger partial charge on any atom is 0.190 e. The molecule has 4 heteroatoms. The second kappa shape index (κ2) is 3.95. The fourth-order valence-electron chi connectivity index (χ4n) is 2.35. The Labute approximate surface area is 108 Å². The van der Waals surface area contributed by atoms with E-state index in [1.54, 1.807) is 12.1 Å². The van der Waals surface area contributed by atoms with Gasteiger partial charge < -0.3 is 9.84 Å². The van der Waals surface area contributed by atoms with E-state index in [-0.39, 0.29) is 28.4 Å². The fourth-order valence-corrected chi connectivity index (χ4v) is 2.35. The summed E-state index contributed by atoms with van der Waals surface area (Å²) < 4.78 is 5.28. The third-order valence-corrected chi connectivity index (χ3v) is 3.21. The zero-order valence-corrected chi connectivity index (χ0v) is 10.1. The van der Waals surface area contributed by atoms with Crippen LogP contribution in [-0.4, -0.2) is 23.8 Å². The molecule has 2 aromatic carbocycles. The molecule has 1 N–H and O–H groups in total. The maximum atomic E-state index is 12.0. The summed E-state index contributed by atoms with van der Waals surface area (Å²) in [5.74, 6) is -0.158. The first-order valence-corrected chi connectivity index (χ1v) is 5.73. The third kappa shape index (κ3) is 1.53. The van der Waals surface area contributed by atoms with E-state index < -0.39 is 0 Å². The minimum Gasteiger partial charge on any atom is -0.507 e. The SMILES string of the molecule is COc1c2c(cc3c(O)cccc13)C(=O)C=CC2=O. The highest BCUT2D eigenvalue weighted by Gasteiger charge is 2.26. The van der Waals surface area contributed by atoms with Crippen LogP contribution in [0.15, 0.2) is 36.4 Å². The summed E-state index contributed by atoms with van der Waals surface area (Å²) in [4.78, 5) is 23.8. The Morgan fingerprint density at radius 3 is 2.53 bits per heavy atom. The van der Waals surface area contributed by atoms with Crippen LogP contribution in [-0.2, 0) is 0 Å². The number of methoxy groups -OCH3 is 1. The second-order valence-corrected chi connectivity index (χ2v) is 4.27. The van der Waals surface area contributed by atoms with Crippen LogP contribution in [0.1, 0.15) is 20.7 Å². The van der Waals surface area contributed by atoms with Gasteiger partial charge in [-0.25, -0.2) is 0 Å². The van der Waals surface area contributed by atoms with Crippen LogP contribution in [0.4, 0.5) is 0 Å². The van der Waals surface area contributed by atoms with E-state index in [1.165, 1.54) is 31.4 Å². The number of fused-ring (bicyclic) bond motifs is 2. The number of carbonyl (C=O) groups is 2. The molecule has 0 unspecified atom stereocenters. The summed E-state index contributed by atoms with van der Waals surface area (Å²) in [6.07, 6.45) is 2.47. The molecule has 0 saturated heterocycles. The van der Waals surface area contributed by atoms with Crippen molar-refractivity contribution in [3.63, 3.8) is 0 Å². The van der Waals surface area contributed by atoms with Gasteiger partial charge in [0, 0.05) is 16.3 Å². The van der Waals surface area contributed by atoms with E-state index in [2.05, 4.69) is 0 Å². The van der Waals surface area contributed by atoms with E-state index in [9.17, 15) is 14.7 Å². The molecule has 0 radical (unpaired) electrons. The number of ether oxygens (including phenoxy) is 1. The fraction of sp³-hybridized carbons (Fsp3) is 0.0667. The minimum atomic E-state index is -0.267. The lowest BCUT2D eigenvalue weighted by atomic mass is 9.90. The Morgan fingerprint density at radius 1 is 1.05 bits per heavy atom. The van der Waals surface area contributed by atoms with E-state index in [1.807, 2.05) is 0 Å². The van der Waals surface area contributed by atoms with Gasteiger partial charge in [0.1, 0.15) is 11.5 Å². The molecule has 0 bridgehead atoms. The first-order chi connectivity index (χ1) is 9.13. The molecule has 0 atom stereocenters. The molecule has 19 heavy (non-hydrogen) atoms. The predicted octanol–water partition coefficient (Wildman–Crippen LogP) is 2.49. The average Bonchev–Trinajstić information content (AvgIpc) is 2.41. The topological polar surface area (TPSA) is 63.6 Å². The van der Waals surface area contributed by atoms with Crippen molar-refractivity contribution in [3.05, 3.63) is 47.5 Å². The van der Waals surface area contributed by atoms with Crippen LogP contribution in [0.2, 0.25) is 0 Å². The zero-order chi connectivity index (χ0) is 13.6. The number of hydrogen-bond acceptors (Lipinski definition) is 4. The summed E-state index contributed by atoms with van der Waals surface area (Å²) >= 11 is 0. The molecular formula is C15H10O4. The number of benzene rings is 2. The van der Waals surface area contributed by atoms with Gasteiger partial charge in [0.2, 0.25) is 0 Å². The Bertz CT molecular complexity index is 756. The molecule has 0 fully saturated rings. The van der Waals surface area contributed by atoms with Crippen molar-refractivity contribution < 1.29 is 19.4 Å². The van der Waals surface area contributed by atoms with Crippen LogP contribution in [0.25, 0.3) is 10.8 Å². The van der Waals surface area contributed by atoms with Crippen molar-refractivity contribution in [3.8, 4) is 11.5 Å². The molecule has 3 rings (SSSR count). The zero-order valence-electron chi connectivity index (χ0n) is 10.1. The summed E-state index contributed by atoms with van der Waals surface area (Å²) in [6.45, 7) is 0. The monoisotopic (exact) mass is 254 g/mol. The summed E-state index contributed by atoms with van der Waals surface area (Å²) in [6, 6.07) is 6.47. The van der Waals surface area contributed by atoms with Crippen molar-refractivity contribution in [2.75, 3.05) is 7.11 Å². The number of aromatic hydroxyl groups is 1. The van der Waals surface area contributed by atoms with Gasteiger partial charge >= 0.3 is 0 Å². The molecule has 94 valence electrons. The predicted molar refractivity (Wildman–Crippen MR) is 70.0 cm³/mol. The van der Waals surface area contributed by atoms with Gasteiger partial charge in [-0.3, -0.25) is 9.59 Å². The third-order valence-electron chi connectivity index (χ3n) is 3.21. The molecule has 0 saturated carbocycles. The van der Waals surface area contributed by atoms with Gasteiger partial charge in [-0.1, -0.05) is 12.1 Å². The average molecular weight is 254 g/mol. The summed E-state index contributed by atoms with van der Waals surface area (Å²) in [7, 11) is 1.44. The van der Waals surface area contributed by atoms with Crippen LogP contribution in [0, 0.1) is 0 Å². The number of allylic oxidation sites excluding steroid dienone is 2. The van der Waals surface area contributed by atoms with Crippen LogP contribution >= 0.6 is 0 Å². The molecule has 0 aromatic heterocycles. The van der Waals surface area contributed by atoms with Gasteiger partial charge in [0.15, 0.2) is 11.6 Å². The van der Waals surface area contributed by atoms with E-state index in [0.717, 1.165) is 0 Å². The van der Waals surface area contributed by atoms with Gasteiger partial charge in [0.05, 0.1) is 12.7 Å². The Kier molecular flexibility index (Phi) is 2.38. The summed E-state index contributed by atoms with van der Waals surface area (Å²) in [5.41, 5.74) is 0.520. The number of ketones is 2. The highest BCUT2D eigenvalue weighted by Crippen LogP contribution is 2.38. The first-order valence-electron chi connectivity index (χ1n) is 5.73. The maximum absolute atomic E-state index is 12.0. The minimum absolute atomic E-state index is 0.0494. The molecule has 0 heterocycles. The van der Waals surface area contributed by atoms with E-state index in [0.29, 0.717) is 16.5 Å². The van der Waals surface area contributed by atoms with Crippen LogP contribution in [0.3, 0.4) is 0 Å². The Morgan fingerprint density at radius 2 is 1.79 bits per heavy atom. The van der Waals surface area contributed by atoms with Crippen molar-refractivity contribution in [1.82, 2.24) is 0 Å². The van der Waals surface area contributed by atoms with Gasteiger partial charge in [-0.05, 0) is 24.3 Å². The van der Waals surface area contributed by atoms with Crippen LogP contribution < -0.4 is 4.74 Å². The summed E-state index contributed by atoms with van der Waals surface area (Å²) in [5, 5.41) is 11.0. The van der Waals surface area contributed by atoms with Crippen molar-refractivity contribution in [1.29, 1.82) is 0 Å². The number of rotatable bonds is 1. The first kappa shape index (κ1) is 11.5. The quantitative estimate of drug-likeness (QED) is 0.849. The van der Waals surface area contributed by atoms with Gasteiger partial charge in [-0.2, -0.15) is 0 Å². The number of carbonyl (C=O) groups excluding carboxylic acids is 2. The molecule has 2 aromatic rings. The lowest BCUT2D eigenvalue weighted by molar-refractivity contribution is 0.0992. The number of phenols is 1. The normalized spacial score (nSPS) is 13.7. The second-order valence-electron chi connectivity index (χ2n) is 4.27. The molecule has 4 nitrogen and oxygen atoms in total. The molecule has 1 aliphatic rings. The van der Waals surface area contributed by atoms with Crippen LogP contribution in [0.5, 0.6) is 11.5 Å². The number of phenolic OH excluding ortho intramolecular Hbond substituents is 1. The Hall–Kier alpha value is -2.62. The lowest BCUT2D eigenvalue weighted by Crippen LogP contribution is -2.13. The van der Waals surface area contributed by atoms with Crippen molar-refractivity contribution in [2.45, 2.75) is 0 Å². The molecule has 0 aliphatic heterocycles. The van der Waals surface area contributed by atoms with Gasteiger partial charge in [0.25, 0.3) is 0 Å². The highest BCUT2D eigenvalue weighted by atomic mass is 16.5. The highest BCUT2D eigenvalue weighted by molar-refractivity contribution is 6.25. The standard InChI is InChI=1S/C15H10O4/c1-19-15-8-3-2-4-11(16)9(8)7-10-12(17)5-6-13(18)14(10)15/h2-7,16H,1H3. The smallest absolute Gasteiger partial charge is 0.190 e. The number of hydrogen-bond donors (Lipinski definition) is 1.